The summed E-state index contributed by atoms with van der Waals surface area (Å²) in [4.78, 5) is 33.7. The van der Waals surface area contributed by atoms with Crippen LogP contribution in [0.3, 0.4) is 0 Å². The van der Waals surface area contributed by atoms with Gasteiger partial charge in [-0.25, -0.2) is 25.2 Å². The average Bonchev–Trinajstić information content (AvgIpc) is 3.54. The number of rotatable bonds is 8. The van der Waals surface area contributed by atoms with Crippen molar-refractivity contribution in [1.82, 2.24) is 10.9 Å². The van der Waals surface area contributed by atoms with Crippen LogP contribution < -0.4 is 10.9 Å². The largest absolute Gasteiger partial charge is 0.478 e. The van der Waals surface area contributed by atoms with Gasteiger partial charge in [0.1, 0.15) is 23.0 Å². The van der Waals surface area contributed by atoms with Gasteiger partial charge in [-0.05, 0) is 48.5 Å². The number of carboxylic acids is 2. The lowest BCUT2D eigenvalue weighted by atomic mass is 10.1. The number of aromatic carboxylic acids is 2. The van der Waals surface area contributed by atoms with Gasteiger partial charge in [-0.15, -0.1) is 0 Å². The zero-order chi connectivity index (χ0) is 25.5. The van der Waals surface area contributed by atoms with Gasteiger partial charge in [0.05, 0.1) is 23.6 Å². The first-order valence-electron chi connectivity index (χ1n) is 10.4. The minimum absolute atomic E-state index is 0.171. The van der Waals surface area contributed by atoms with E-state index < -0.39 is 18.0 Å². The molecule has 11 nitrogen and oxygen atoms in total. The summed E-state index contributed by atoms with van der Waals surface area (Å²) in [7, 11) is 0. The van der Waals surface area contributed by atoms with Crippen LogP contribution >= 0.6 is 0 Å². The van der Waals surface area contributed by atoms with Crippen molar-refractivity contribution in [1.29, 1.82) is 0 Å². The highest BCUT2D eigenvalue weighted by molar-refractivity contribution is 5.89. The molecule has 2 heterocycles. The summed E-state index contributed by atoms with van der Waals surface area (Å²) in [5, 5.41) is 25.5. The fourth-order valence-electron chi connectivity index (χ4n) is 3.04. The molecule has 0 aliphatic carbocycles. The van der Waals surface area contributed by atoms with Gasteiger partial charge in [-0.3, -0.25) is 0 Å². The van der Waals surface area contributed by atoms with E-state index in [9.17, 15) is 14.4 Å². The third-order valence-electron chi connectivity index (χ3n) is 4.80. The van der Waals surface area contributed by atoms with Gasteiger partial charge in [0.15, 0.2) is 0 Å². The maximum Gasteiger partial charge on any atom is 0.355 e. The minimum Gasteiger partial charge on any atom is -0.478 e. The van der Waals surface area contributed by atoms with Gasteiger partial charge in [0, 0.05) is 11.1 Å². The molecule has 2 amide bonds. The molecule has 2 aromatic carbocycles. The number of amides is 2. The van der Waals surface area contributed by atoms with Crippen LogP contribution in [0.2, 0.25) is 0 Å². The van der Waals surface area contributed by atoms with Crippen LogP contribution in [0.5, 0.6) is 0 Å². The number of nitrogens with one attached hydrogen (secondary N) is 2. The molecule has 0 fully saturated rings. The van der Waals surface area contributed by atoms with Crippen LogP contribution in [0.1, 0.15) is 32.2 Å². The van der Waals surface area contributed by atoms with E-state index in [2.05, 4.69) is 21.1 Å². The summed E-state index contributed by atoms with van der Waals surface area (Å²) >= 11 is 0. The molecule has 36 heavy (non-hydrogen) atoms. The molecule has 11 heteroatoms. The Kier molecular flexibility index (Phi) is 7.01. The summed E-state index contributed by atoms with van der Waals surface area (Å²) in [5.41, 5.74) is 6.19. The van der Waals surface area contributed by atoms with E-state index in [4.69, 9.17) is 19.0 Å². The molecule has 0 unspecified atom stereocenters. The lowest BCUT2D eigenvalue weighted by molar-refractivity contribution is 0.0686. The molecule has 0 saturated carbocycles. The molecular formula is C25H18N4O7. The Morgan fingerprint density at radius 2 is 1.00 bits per heavy atom. The predicted octanol–water partition coefficient (Wildman–Crippen LogP) is 4.27. The van der Waals surface area contributed by atoms with Gasteiger partial charge < -0.3 is 19.0 Å². The van der Waals surface area contributed by atoms with Crippen molar-refractivity contribution in [2.45, 2.75) is 0 Å². The average molecular weight is 486 g/mol. The van der Waals surface area contributed by atoms with E-state index in [-0.39, 0.29) is 11.1 Å². The van der Waals surface area contributed by atoms with E-state index in [0.717, 1.165) is 0 Å². The molecule has 2 aromatic heterocycles. The standard InChI is InChI=1S/C25H18N4O7/c30-23(31)17-5-1-15(2-6-17)21-11-9-19(35-21)13-26-28-25(34)29-27-14-20-10-12-22(36-20)16-3-7-18(8-4-16)24(32)33/h1-14H,(H,30,31)(H,32,33)(H2,28,29,34). The topological polar surface area (TPSA) is 167 Å². The fourth-order valence-corrected chi connectivity index (χ4v) is 3.04. The van der Waals surface area contributed by atoms with Crippen molar-refractivity contribution >= 4 is 30.4 Å². The normalized spacial score (nSPS) is 11.1. The SMILES string of the molecule is O=C(NN=Cc1ccc(-c2ccc(C(=O)O)cc2)o1)NN=Cc1ccc(-c2ccc(C(=O)O)cc2)o1. The zero-order valence-electron chi connectivity index (χ0n) is 18.4. The van der Waals surface area contributed by atoms with Crippen molar-refractivity contribution in [3.63, 3.8) is 0 Å². The van der Waals surface area contributed by atoms with E-state index >= 15 is 0 Å². The van der Waals surface area contributed by atoms with Gasteiger partial charge in [0.25, 0.3) is 0 Å². The summed E-state index contributed by atoms with van der Waals surface area (Å²) in [6.45, 7) is 0. The maximum atomic E-state index is 11.8. The highest BCUT2D eigenvalue weighted by Crippen LogP contribution is 2.23. The minimum atomic E-state index is -1.01. The van der Waals surface area contributed by atoms with Gasteiger partial charge >= 0.3 is 18.0 Å². The molecule has 0 radical (unpaired) electrons. The molecule has 4 aromatic rings. The maximum absolute atomic E-state index is 11.8. The Morgan fingerprint density at radius 3 is 1.36 bits per heavy atom. The van der Waals surface area contributed by atoms with Crippen LogP contribution in [-0.2, 0) is 0 Å². The van der Waals surface area contributed by atoms with Crippen LogP contribution in [0, 0.1) is 0 Å². The smallest absolute Gasteiger partial charge is 0.355 e. The van der Waals surface area contributed by atoms with Gasteiger partial charge in [-0.1, -0.05) is 24.3 Å². The number of carbonyl (C=O) groups is 3. The molecule has 0 aliphatic heterocycles. The Hall–Kier alpha value is -5.45. The van der Waals surface area contributed by atoms with E-state index in [1.807, 2.05) is 0 Å². The summed E-state index contributed by atoms with van der Waals surface area (Å²) in [6, 6.07) is 18.4. The highest BCUT2D eigenvalue weighted by atomic mass is 16.4. The third kappa shape index (κ3) is 5.91. The van der Waals surface area contributed by atoms with Crippen LogP contribution in [-0.4, -0.2) is 40.6 Å². The van der Waals surface area contributed by atoms with Crippen molar-refractivity contribution in [2.24, 2.45) is 10.2 Å². The number of nitrogens with zero attached hydrogens (tertiary/aromatic N) is 2. The predicted molar refractivity (Wildman–Crippen MR) is 129 cm³/mol. The van der Waals surface area contributed by atoms with Crippen LogP contribution in [0.15, 0.2) is 91.8 Å². The molecule has 4 rings (SSSR count). The van der Waals surface area contributed by atoms with Crippen molar-refractivity contribution < 1.29 is 33.4 Å². The molecule has 0 atom stereocenters. The third-order valence-corrected chi connectivity index (χ3v) is 4.80. The van der Waals surface area contributed by atoms with Gasteiger partial charge in [-0.2, -0.15) is 10.2 Å². The molecule has 0 aliphatic rings. The Balaban J connectivity index is 1.26. The number of carboxylic acid groups (broad SMARTS) is 2. The molecule has 0 bridgehead atoms. The second-order valence-electron chi connectivity index (χ2n) is 7.24. The van der Waals surface area contributed by atoms with Gasteiger partial charge in [0.2, 0.25) is 0 Å². The lowest BCUT2D eigenvalue weighted by Gasteiger charge is -1.98. The highest BCUT2D eigenvalue weighted by Gasteiger charge is 2.08. The monoisotopic (exact) mass is 486 g/mol. The van der Waals surface area contributed by atoms with Crippen molar-refractivity contribution in [3.8, 4) is 22.6 Å². The number of urea groups is 1. The Labute approximate surface area is 203 Å². The zero-order valence-corrected chi connectivity index (χ0v) is 18.4. The second-order valence-corrected chi connectivity index (χ2v) is 7.24. The van der Waals surface area contributed by atoms with Crippen LogP contribution in [0.4, 0.5) is 4.79 Å². The number of carbonyl (C=O) groups excluding carboxylic acids is 1. The first-order chi connectivity index (χ1) is 17.4. The van der Waals surface area contributed by atoms with Crippen molar-refractivity contribution in [3.05, 3.63) is 95.4 Å². The van der Waals surface area contributed by atoms with E-state index in [0.29, 0.717) is 34.2 Å². The first-order valence-corrected chi connectivity index (χ1v) is 10.4. The molecular weight excluding hydrogens is 468 g/mol. The molecule has 180 valence electrons. The number of furan rings is 2. The molecule has 4 N–H and O–H groups in total. The number of hydrogen-bond acceptors (Lipinski definition) is 7. The number of hydrogen-bond donors (Lipinski definition) is 4. The van der Waals surface area contributed by atoms with E-state index in [1.165, 1.54) is 36.7 Å². The Bertz CT molecular complexity index is 1340. The quantitative estimate of drug-likeness (QED) is 0.213. The first kappa shape index (κ1) is 23.7. The molecule has 0 saturated heterocycles. The number of benzene rings is 2. The lowest BCUT2D eigenvalue weighted by Crippen LogP contribution is -2.28. The van der Waals surface area contributed by atoms with Crippen LogP contribution in [0.25, 0.3) is 22.6 Å². The Morgan fingerprint density at radius 1 is 0.611 bits per heavy atom. The number of hydrazone groups is 2. The second kappa shape index (κ2) is 10.7. The summed E-state index contributed by atoms with van der Waals surface area (Å²) < 4.78 is 11.2. The van der Waals surface area contributed by atoms with Crippen molar-refractivity contribution in [2.75, 3.05) is 0 Å². The summed E-state index contributed by atoms with van der Waals surface area (Å²) in [5.74, 6) is -0.259. The molecule has 0 spiro atoms. The van der Waals surface area contributed by atoms with E-state index in [1.54, 1.807) is 48.5 Å². The summed E-state index contributed by atoms with van der Waals surface area (Å²) in [6.07, 6.45) is 2.60. The fraction of sp³-hybridized carbons (Fsp3) is 0.